The topological polar surface area (TPSA) is 94.4 Å². The molecule has 0 bridgehead atoms. The van der Waals surface area contributed by atoms with Crippen molar-refractivity contribution in [3.05, 3.63) is 51.6 Å². The molecule has 4 rings (SSSR count). The second-order valence-electron chi connectivity index (χ2n) is 8.30. The maximum atomic E-state index is 13.4. The molecule has 0 N–H and O–H groups in total. The number of para-hydroxylation sites is 2. The van der Waals surface area contributed by atoms with Crippen LogP contribution in [0.25, 0.3) is 0 Å². The molecule has 1 heterocycles. The van der Waals surface area contributed by atoms with Crippen LogP contribution in [0.3, 0.4) is 0 Å². The van der Waals surface area contributed by atoms with Crippen molar-refractivity contribution in [2.24, 2.45) is 5.92 Å². The molecule has 1 atom stereocenters. The van der Waals surface area contributed by atoms with E-state index in [1.165, 1.54) is 6.07 Å². The van der Waals surface area contributed by atoms with Gasteiger partial charge in [-0.25, -0.2) is 0 Å². The Labute approximate surface area is 193 Å². The van der Waals surface area contributed by atoms with E-state index in [4.69, 9.17) is 14.2 Å². The normalized spacial score (nSPS) is 18.6. The van der Waals surface area contributed by atoms with Crippen LogP contribution in [-0.4, -0.2) is 69.7 Å². The van der Waals surface area contributed by atoms with Crippen molar-refractivity contribution in [2.45, 2.75) is 12.8 Å². The van der Waals surface area contributed by atoms with Gasteiger partial charge in [-0.2, -0.15) is 0 Å². The zero-order chi connectivity index (χ0) is 23.5. The summed E-state index contributed by atoms with van der Waals surface area (Å²) in [6, 6.07) is 8.61. The summed E-state index contributed by atoms with van der Waals surface area (Å²) in [5, 5.41) is 11.4. The number of anilines is 1. The lowest BCUT2D eigenvalue weighted by Crippen LogP contribution is -2.49. The monoisotopic (exact) mass is 455 g/mol. The fourth-order valence-corrected chi connectivity index (χ4v) is 4.90. The molecule has 0 aromatic heterocycles. The van der Waals surface area contributed by atoms with E-state index in [2.05, 4.69) is 9.80 Å². The summed E-state index contributed by atoms with van der Waals surface area (Å²) >= 11 is 0. The van der Waals surface area contributed by atoms with Gasteiger partial charge in [-0.3, -0.25) is 19.8 Å². The summed E-state index contributed by atoms with van der Waals surface area (Å²) in [4.78, 5) is 28.7. The lowest BCUT2D eigenvalue weighted by molar-refractivity contribution is -0.384. The number of nitro groups is 1. The zero-order valence-corrected chi connectivity index (χ0v) is 19.2. The molecule has 1 saturated heterocycles. The molecule has 9 nitrogen and oxygen atoms in total. The average Bonchev–Trinajstić information content (AvgIpc) is 2.85. The van der Waals surface area contributed by atoms with Crippen LogP contribution < -0.4 is 19.1 Å². The number of fused-ring (bicyclic) bond motifs is 1. The number of Topliss-reactive ketones (excluding diaryl/α,β-unsaturated/α-hetero) is 1. The van der Waals surface area contributed by atoms with Gasteiger partial charge in [-0.15, -0.1) is 0 Å². The molecule has 176 valence electrons. The van der Waals surface area contributed by atoms with Gasteiger partial charge in [0, 0.05) is 55.8 Å². The summed E-state index contributed by atoms with van der Waals surface area (Å²) in [6.07, 6.45) is 1.47. The van der Waals surface area contributed by atoms with E-state index in [1.54, 1.807) is 39.5 Å². The largest absolute Gasteiger partial charge is 0.493 e. The number of carbonyl (C=O) groups excluding carboxylic acids is 1. The fourth-order valence-electron chi connectivity index (χ4n) is 4.90. The highest BCUT2D eigenvalue weighted by Crippen LogP contribution is 2.45. The van der Waals surface area contributed by atoms with Crippen molar-refractivity contribution in [1.82, 2.24) is 4.90 Å². The minimum Gasteiger partial charge on any atom is -0.493 e. The van der Waals surface area contributed by atoms with Crippen LogP contribution in [0.5, 0.6) is 17.2 Å². The second kappa shape index (κ2) is 9.66. The van der Waals surface area contributed by atoms with E-state index < -0.39 is 0 Å². The predicted molar refractivity (Wildman–Crippen MR) is 124 cm³/mol. The molecular weight excluding hydrogens is 426 g/mol. The fraction of sp³-hybridized carbons (Fsp3) is 0.458. The maximum absolute atomic E-state index is 13.4. The van der Waals surface area contributed by atoms with Crippen LogP contribution >= 0.6 is 0 Å². The molecule has 0 spiro atoms. The number of nitrogens with zero attached hydrogens (tertiary/aromatic N) is 3. The van der Waals surface area contributed by atoms with Crippen molar-refractivity contribution in [2.75, 3.05) is 59.0 Å². The highest BCUT2D eigenvalue weighted by Gasteiger charge is 2.34. The summed E-state index contributed by atoms with van der Waals surface area (Å²) in [7, 11) is 4.68. The summed E-state index contributed by atoms with van der Waals surface area (Å²) in [5.74, 6) is 1.54. The first kappa shape index (κ1) is 22.8. The number of carbonyl (C=O) groups is 1. The van der Waals surface area contributed by atoms with E-state index in [9.17, 15) is 14.9 Å². The van der Waals surface area contributed by atoms with Crippen molar-refractivity contribution in [3.8, 4) is 17.2 Å². The van der Waals surface area contributed by atoms with Gasteiger partial charge in [0.1, 0.15) is 5.69 Å². The van der Waals surface area contributed by atoms with Crippen molar-refractivity contribution < 1.29 is 23.9 Å². The van der Waals surface area contributed by atoms with E-state index in [1.807, 2.05) is 6.07 Å². The van der Waals surface area contributed by atoms with Gasteiger partial charge in [0.25, 0.3) is 5.69 Å². The molecule has 0 radical (unpaired) electrons. The first-order chi connectivity index (χ1) is 16.0. The molecule has 1 aliphatic heterocycles. The Bertz CT molecular complexity index is 1050. The van der Waals surface area contributed by atoms with Gasteiger partial charge < -0.3 is 19.1 Å². The first-order valence-corrected chi connectivity index (χ1v) is 11.0. The summed E-state index contributed by atoms with van der Waals surface area (Å²) < 4.78 is 16.5. The molecule has 0 amide bonds. The Balaban J connectivity index is 1.45. The van der Waals surface area contributed by atoms with Crippen molar-refractivity contribution in [1.29, 1.82) is 0 Å². The standard InChI is InChI=1S/C24H29N3O6/c1-31-21-14-18-17(23(32-2)24(21)33-3)9-8-16(22(18)28)15-25-10-12-26(13-11-25)19-6-4-5-7-20(19)27(29)30/h4-7,14,16H,8-13,15H2,1-3H3. The Morgan fingerprint density at radius 3 is 2.36 bits per heavy atom. The van der Waals surface area contributed by atoms with Crippen LogP contribution in [0.2, 0.25) is 0 Å². The van der Waals surface area contributed by atoms with E-state index in [0.29, 0.717) is 48.1 Å². The zero-order valence-electron chi connectivity index (χ0n) is 19.2. The van der Waals surface area contributed by atoms with Gasteiger partial charge in [-0.1, -0.05) is 12.1 Å². The Kier molecular flexibility index (Phi) is 6.69. The smallest absolute Gasteiger partial charge is 0.292 e. The molecule has 33 heavy (non-hydrogen) atoms. The Morgan fingerprint density at radius 2 is 1.73 bits per heavy atom. The van der Waals surface area contributed by atoms with Crippen molar-refractivity contribution in [3.63, 3.8) is 0 Å². The van der Waals surface area contributed by atoms with Crippen LogP contribution in [0.4, 0.5) is 11.4 Å². The number of nitro benzene ring substituents is 1. The molecule has 9 heteroatoms. The number of piperazine rings is 1. The lowest BCUT2D eigenvalue weighted by Gasteiger charge is -2.38. The number of ketones is 1. The van der Waals surface area contributed by atoms with E-state index in [0.717, 1.165) is 31.5 Å². The second-order valence-corrected chi connectivity index (χ2v) is 8.30. The third-order valence-corrected chi connectivity index (χ3v) is 6.58. The van der Waals surface area contributed by atoms with E-state index >= 15 is 0 Å². The Hall–Kier alpha value is -3.33. The number of methoxy groups -OCH3 is 3. The minimum absolute atomic E-state index is 0.0941. The number of ether oxygens (including phenoxy) is 3. The molecule has 2 aromatic rings. The predicted octanol–water partition coefficient (Wildman–Crippen LogP) is 3.19. The van der Waals surface area contributed by atoms with Gasteiger partial charge in [0.15, 0.2) is 17.3 Å². The van der Waals surface area contributed by atoms with Gasteiger partial charge >= 0.3 is 0 Å². The summed E-state index contributed by atoms with van der Waals surface area (Å²) in [5.41, 5.74) is 2.29. The van der Waals surface area contributed by atoms with Crippen molar-refractivity contribution >= 4 is 17.2 Å². The van der Waals surface area contributed by atoms with Crippen LogP contribution in [0.15, 0.2) is 30.3 Å². The van der Waals surface area contributed by atoms with Crippen LogP contribution in [-0.2, 0) is 6.42 Å². The molecule has 1 fully saturated rings. The first-order valence-electron chi connectivity index (χ1n) is 11.0. The molecule has 2 aliphatic rings. The maximum Gasteiger partial charge on any atom is 0.292 e. The SMILES string of the molecule is COc1cc2c(c(OC)c1OC)CCC(CN1CCN(c3ccccc3[N+](=O)[O-])CC1)C2=O. The van der Waals surface area contributed by atoms with E-state index in [-0.39, 0.29) is 22.3 Å². The minimum atomic E-state index is -0.336. The van der Waals surface area contributed by atoms with Crippen LogP contribution in [0, 0.1) is 16.0 Å². The highest BCUT2D eigenvalue weighted by molar-refractivity contribution is 6.02. The van der Waals surface area contributed by atoms with Gasteiger partial charge in [0.2, 0.25) is 5.75 Å². The van der Waals surface area contributed by atoms with Gasteiger partial charge in [-0.05, 0) is 25.0 Å². The number of benzene rings is 2. The quantitative estimate of drug-likeness (QED) is 0.464. The Morgan fingerprint density at radius 1 is 1.03 bits per heavy atom. The van der Waals surface area contributed by atoms with Crippen LogP contribution in [0.1, 0.15) is 22.3 Å². The lowest BCUT2D eigenvalue weighted by atomic mass is 9.81. The molecule has 2 aromatic carbocycles. The molecule has 0 saturated carbocycles. The number of hydrogen-bond donors (Lipinski definition) is 0. The third kappa shape index (κ3) is 4.32. The molecular formula is C24H29N3O6. The highest BCUT2D eigenvalue weighted by atomic mass is 16.6. The van der Waals surface area contributed by atoms with Gasteiger partial charge in [0.05, 0.1) is 26.3 Å². The molecule has 1 unspecified atom stereocenters. The average molecular weight is 456 g/mol. The summed E-state index contributed by atoms with van der Waals surface area (Å²) in [6.45, 7) is 3.53. The number of hydrogen-bond acceptors (Lipinski definition) is 8. The molecule has 1 aliphatic carbocycles. The number of rotatable bonds is 7. The third-order valence-electron chi connectivity index (χ3n) is 6.58.